The van der Waals surface area contributed by atoms with Crippen molar-refractivity contribution in [3.8, 4) is 5.75 Å². The number of carbonyl (C=O) groups excluding carboxylic acids is 1. The van der Waals surface area contributed by atoms with Crippen LogP contribution in [0.4, 0.5) is 0 Å². The minimum absolute atomic E-state index is 0.0642. The molecule has 104 valence electrons. The van der Waals surface area contributed by atoms with Gasteiger partial charge in [0.15, 0.2) is 0 Å². The van der Waals surface area contributed by atoms with Gasteiger partial charge in [0, 0.05) is 6.04 Å². The minimum Gasteiger partial charge on any atom is -0.507 e. The average molecular weight is 261 g/mol. The zero-order chi connectivity index (χ0) is 14.0. The van der Waals surface area contributed by atoms with E-state index in [0.29, 0.717) is 11.5 Å². The molecular weight excluding hydrogens is 238 g/mol. The van der Waals surface area contributed by atoms with Gasteiger partial charge in [-0.05, 0) is 55.7 Å². The molecular formula is C16H23NO2. The predicted octanol–water partition coefficient (Wildman–Crippen LogP) is 3.26. The monoisotopic (exact) mass is 261 g/mol. The van der Waals surface area contributed by atoms with Gasteiger partial charge < -0.3 is 10.4 Å². The lowest BCUT2D eigenvalue weighted by Gasteiger charge is -2.33. The number of hydrogen-bond donors (Lipinski definition) is 2. The molecule has 0 spiro atoms. The summed E-state index contributed by atoms with van der Waals surface area (Å²) in [6, 6.07) is 5.39. The second-order valence-electron chi connectivity index (χ2n) is 6.00. The highest BCUT2D eigenvalue weighted by Crippen LogP contribution is 2.29. The van der Waals surface area contributed by atoms with Crippen LogP contribution in [0.3, 0.4) is 0 Å². The van der Waals surface area contributed by atoms with Crippen LogP contribution in [0.15, 0.2) is 18.2 Å². The number of amides is 1. The lowest BCUT2D eigenvalue weighted by atomic mass is 9.80. The molecule has 0 radical (unpaired) electrons. The third-order valence-corrected chi connectivity index (χ3v) is 4.15. The van der Waals surface area contributed by atoms with E-state index < -0.39 is 0 Å². The van der Waals surface area contributed by atoms with Crippen molar-refractivity contribution >= 4 is 5.91 Å². The Bertz CT molecular complexity index is 470. The van der Waals surface area contributed by atoms with E-state index in [4.69, 9.17) is 0 Å². The Morgan fingerprint density at radius 3 is 2.68 bits per heavy atom. The first-order valence-electron chi connectivity index (χ1n) is 7.08. The molecule has 1 aromatic rings. The molecule has 3 nitrogen and oxygen atoms in total. The molecule has 3 unspecified atom stereocenters. The number of rotatable bonds is 2. The van der Waals surface area contributed by atoms with Crippen LogP contribution in [0.1, 0.15) is 49.0 Å². The summed E-state index contributed by atoms with van der Waals surface area (Å²) in [4.78, 5) is 12.2. The van der Waals surface area contributed by atoms with E-state index in [-0.39, 0.29) is 17.7 Å². The molecule has 0 heterocycles. The molecule has 0 aliphatic heterocycles. The molecule has 3 atom stereocenters. The van der Waals surface area contributed by atoms with Gasteiger partial charge in [0.2, 0.25) is 0 Å². The van der Waals surface area contributed by atoms with E-state index in [1.54, 1.807) is 12.1 Å². The van der Waals surface area contributed by atoms with Gasteiger partial charge >= 0.3 is 0 Å². The summed E-state index contributed by atoms with van der Waals surface area (Å²) in [5.74, 6) is 1.15. The second-order valence-corrected chi connectivity index (χ2v) is 6.00. The summed E-state index contributed by atoms with van der Waals surface area (Å²) in [5, 5.41) is 12.9. The minimum atomic E-state index is -0.163. The summed E-state index contributed by atoms with van der Waals surface area (Å²) in [5.41, 5.74) is 1.32. The fourth-order valence-electron chi connectivity index (χ4n) is 2.96. The molecule has 1 aromatic carbocycles. The zero-order valence-electron chi connectivity index (χ0n) is 11.9. The fraction of sp³-hybridized carbons (Fsp3) is 0.562. The predicted molar refractivity (Wildman–Crippen MR) is 76.3 cm³/mol. The molecule has 0 bridgehead atoms. The SMILES string of the molecule is Cc1ccc(C(=O)NC2CCC(C)CC2C)c(O)c1. The second kappa shape index (κ2) is 5.64. The lowest BCUT2D eigenvalue weighted by molar-refractivity contribution is 0.0897. The number of benzene rings is 1. The van der Waals surface area contributed by atoms with E-state index in [9.17, 15) is 9.90 Å². The molecule has 2 N–H and O–H groups in total. The van der Waals surface area contributed by atoms with Gasteiger partial charge in [-0.25, -0.2) is 0 Å². The number of aryl methyl sites for hydroxylation is 1. The Kier molecular flexibility index (Phi) is 4.13. The van der Waals surface area contributed by atoms with Crippen LogP contribution in [0.5, 0.6) is 5.75 Å². The van der Waals surface area contributed by atoms with Gasteiger partial charge in [-0.15, -0.1) is 0 Å². The summed E-state index contributed by atoms with van der Waals surface area (Å²) >= 11 is 0. The van der Waals surface area contributed by atoms with Gasteiger partial charge in [-0.3, -0.25) is 4.79 Å². The van der Waals surface area contributed by atoms with Gasteiger partial charge in [0.25, 0.3) is 5.91 Å². The topological polar surface area (TPSA) is 49.3 Å². The van der Waals surface area contributed by atoms with E-state index in [1.807, 2.05) is 13.0 Å². The third kappa shape index (κ3) is 3.28. The van der Waals surface area contributed by atoms with Crippen molar-refractivity contribution in [2.24, 2.45) is 11.8 Å². The highest BCUT2D eigenvalue weighted by molar-refractivity contribution is 5.97. The highest BCUT2D eigenvalue weighted by atomic mass is 16.3. The van der Waals surface area contributed by atoms with Crippen LogP contribution in [0.2, 0.25) is 0 Å². The number of hydrogen-bond acceptors (Lipinski definition) is 2. The van der Waals surface area contributed by atoms with Crippen LogP contribution < -0.4 is 5.32 Å². The van der Waals surface area contributed by atoms with Crippen molar-refractivity contribution < 1.29 is 9.90 Å². The molecule has 1 aliphatic carbocycles. The first-order chi connectivity index (χ1) is 8.97. The van der Waals surface area contributed by atoms with Gasteiger partial charge in [-0.2, -0.15) is 0 Å². The van der Waals surface area contributed by atoms with Crippen molar-refractivity contribution in [3.05, 3.63) is 29.3 Å². The average Bonchev–Trinajstić information content (AvgIpc) is 2.32. The van der Waals surface area contributed by atoms with E-state index in [1.165, 1.54) is 0 Å². The first kappa shape index (κ1) is 13.9. The van der Waals surface area contributed by atoms with Gasteiger partial charge in [0.1, 0.15) is 5.75 Å². The molecule has 1 aliphatic rings. The molecule has 0 aromatic heterocycles. The van der Waals surface area contributed by atoms with Crippen LogP contribution in [-0.4, -0.2) is 17.1 Å². The van der Waals surface area contributed by atoms with E-state index >= 15 is 0 Å². The zero-order valence-corrected chi connectivity index (χ0v) is 11.9. The fourth-order valence-corrected chi connectivity index (χ4v) is 2.96. The maximum Gasteiger partial charge on any atom is 0.255 e. The number of aromatic hydroxyl groups is 1. The molecule has 1 saturated carbocycles. The Hall–Kier alpha value is -1.51. The van der Waals surface area contributed by atoms with Crippen molar-refractivity contribution in [1.29, 1.82) is 0 Å². The van der Waals surface area contributed by atoms with Crippen molar-refractivity contribution in [1.82, 2.24) is 5.32 Å². The Morgan fingerprint density at radius 1 is 1.32 bits per heavy atom. The maximum absolute atomic E-state index is 12.2. The number of carbonyl (C=O) groups is 1. The normalized spacial score (nSPS) is 27.0. The Balaban J connectivity index is 2.04. The molecule has 3 heteroatoms. The van der Waals surface area contributed by atoms with E-state index in [0.717, 1.165) is 30.7 Å². The number of phenolic OH excluding ortho intramolecular Hbond substituents is 1. The van der Waals surface area contributed by atoms with Gasteiger partial charge in [-0.1, -0.05) is 19.9 Å². The maximum atomic E-state index is 12.2. The highest BCUT2D eigenvalue weighted by Gasteiger charge is 2.27. The van der Waals surface area contributed by atoms with Crippen molar-refractivity contribution in [2.75, 3.05) is 0 Å². The van der Waals surface area contributed by atoms with Crippen molar-refractivity contribution in [2.45, 2.75) is 46.1 Å². The summed E-state index contributed by atoms with van der Waals surface area (Å²) < 4.78 is 0. The van der Waals surface area contributed by atoms with Crippen LogP contribution in [0, 0.1) is 18.8 Å². The smallest absolute Gasteiger partial charge is 0.255 e. The first-order valence-corrected chi connectivity index (χ1v) is 7.08. The number of nitrogens with one attached hydrogen (secondary N) is 1. The molecule has 1 amide bonds. The quantitative estimate of drug-likeness (QED) is 0.858. The standard InChI is InChI=1S/C16H23NO2/c1-10-5-7-14(12(3)8-10)17-16(19)13-6-4-11(2)9-15(13)18/h4,6,9-10,12,14,18H,5,7-8H2,1-3H3,(H,17,19). The lowest BCUT2D eigenvalue weighted by Crippen LogP contribution is -2.42. The molecule has 2 rings (SSSR count). The molecule has 0 saturated heterocycles. The molecule has 19 heavy (non-hydrogen) atoms. The Labute approximate surface area is 115 Å². The van der Waals surface area contributed by atoms with Crippen molar-refractivity contribution in [3.63, 3.8) is 0 Å². The third-order valence-electron chi connectivity index (χ3n) is 4.15. The molecule has 1 fully saturated rings. The summed E-state index contributed by atoms with van der Waals surface area (Å²) in [6.07, 6.45) is 3.35. The largest absolute Gasteiger partial charge is 0.507 e. The Morgan fingerprint density at radius 2 is 2.05 bits per heavy atom. The summed E-state index contributed by atoms with van der Waals surface area (Å²) in [7, 11) is 0. The van der Waals surface area contributed by atoms with Crippen LogP contribution in [-0.2, 0) is 0 Å². The van der Waals surface area contributed by atoms with Gasteiger partial charge in [0.05, 0.1) is 5.56 Å². The van der Waals surface area contributed by atoms with Crippen LogP contribution >= 0.6 is 0 Å². The van der Waals surface area contributed by atoms with Crippen LogP contribution in [0.25, 0.3) is 0 Å². The van der Waals surface area contributed by atoms with E-state index in [2.05, 4.69) is 19.2 Å². The summed E-state index contributed by atoms with van der Waals surface area (Å²) in [6.45, 7) is 6.35. The number of phenols is 1.